The lowest BCUT2D eigenvalue weighted by molar-refractivity contribution is 0.102. The molecule has 2 heterocycles. The third-order valence-electron chi connectivity index (χ3n) is 3.17. The summed E-state index contributed by atoms with van der Waals surface area (Å²) in [4.78, 5) is 28.7. The van der Waals surface area contributed by atoms with E-state index in [1.807, 2.05) is 0 Å². The third-order valence-corrected chi connectivity index (χ3v) is 3.40. The number of rotatable bonds is 3. The highest BCUT2D eigenvalue weighted by Crippen LogP contribution is 2.17. The molecule has 0 atom stereocenters. The first kappa shape index (κ1) is 15.8. The van der Waals surface area contributed by atoms with E-state index in [0.717, 1.165) is 0 Å². The van der Waals surface area contributed by atoms with Crippen LogP contribution >= 0.6 is 11.6 Å². The number of aromatic nitrogens is 5. The molecule has 0 fully saturated rings. The molecule has 3 aromatic rings. The van der Waals surface area contributed by atoms with Gasteiger partial charge in [0.25, 0.3) is 5.91 Å². The van der Waals surface area contributed by atoms with Crippen molar-refractivity contribution >= 4 is 23.3 Å². The van der Waals surface area contributed by atoms with Crippen molar-refractivity contribution in [3.05, 3.63) is 63.2 Å². The van der Waals surface area contributed by atoms with E-state index in [-0.39, 0.29) is 5.69 Å². The Bertz CT molecular complexity index is 983. The van der Waals surface area contributed by atoms with E-state index in [2.05, 4.69) is 25.6 Å². The topological polar surface area (TPSA) is 106 Å². The minimum atomic E-state index is -0.872. The standard InChI is InChI=1S/C14H10ClFN6O2/c1-7-11(13(23)18-12-10(16)6-17-14(24)19-12)20-21-22(7)9-4-2-3-8(15)5-9/h2-6H,1H3,(H2,17,18,19,23,24). The third kappa shape index (κ3) is 3.01. The average Bonchev–Trinajstić information content (AvgIpc) is 2.92. The van der Waals surface area contributed by atoms with Crippen molar-refractivity contribution in [3.63, 3.8) is 0 Å². The maximum absolute atomic E-state index is 13.6. The molecular weight excluding hydrogens is 339 g/mol. The van der Waals surface area contributed by atoms with E-state index in [9.17, 15) is 14.0 Å². The summed E-state index contributed by atoms with van der Waals surface area (Å²) >= 11 is 5.93. The predicted molar refractivity (Wildman–Crippen MR) is 83.9 cm³/mol. The number of hydrogen-bond acceptors (Lipinski definition) is 5. The zero-order valence-corrected chi connectivity index (χ0v) is 13.0. The van der Waals surface area contributed by atoms with Gasteiger partial charge in [-0.15, -0.1) is 5.10 Å². The van der Waals surface area contributed by atoms with Crippen molar-refractivity contribution in [3.8, 4) is 5.69 Å². The van der Waals surface area contributed by atoms with Crippen LogP contribution in [0.3, 0.4) is 0 Å². The number of halogens is 2. The van der Waals surface area contributed by atoms with Gasteiger partial charge < -0.3 is 5.32 Å². The fourth-order valence-electron chi connectivity index (χ4n) is 2.03. The second kappa shape index (κ2) is 6.20. The second-order valence-corrected chi connectivity index (χ2v) is 5.22. The minimum Gasteiger partial charge on any atom is -0.304 e. The number of benzene rings is 1. The number of nitrogens with zero attached hydrogens (tertiary/aromatic N) is 4. The van der Waals surface area contributed by atoms with Crippen LogP contribution in [0.15, 0.2) is 35.3 Å². The van der Waals surface area contributed by atoms with Gasteiger partial charge in [0.05, 0.1) is 17.6 Å². The monoisotopic (exact) mass is 348 g/mol. The van der Waals surface area contributed by atoms with Gasteiger partial charge in [0.2, 0.25) is 0 Å². The summed E-state index contributed by atoms with van der Waals surface area (Å²) in [5, 5.41) is 10.4. The Labute approximate surface area is 139 Å². The molecule has 8 nitrogen and oxygen atoms in total. The Kier molecular flexibility index (Phi) is 4.09. The van der Waals surface area contributed by atoms with E-state index >= 15 is 0 Å². The fourth-order valence-corrected chi connectivity index (χ4v) is 2.22. The van der Waals surface area contributed by atoms with Crippen LogP contribution in [0.2, 0.25) is 5.02 Å². The highest BCUT2D eigenvalue weighted by atomic mass is 35.5. The van der Waals surface area contributed by atoms with Crippen LogP contribution in [0.5, 0.6) is 0 Å². The SMILES string of the molecule is Cc1c(C(=O)Nc2[nH]c(=O)ncc2F)nnn1-c1cccc(Cl)c1. The number of nitrogens with one attached hydrogen (secondary N) is 2. The number of H-pyrrole nitrogens is 1. The zero-order valence-electron chi connectivity index (χ0n) is 12.2. The number of carbonyl (C=O) groups excluding carboxylic acids is 1. The molecule has 0 spiro atoms. The second-order valence-electron chi connectivity index (χ2n) is 4.78. The summed E-state index contributed by atoms with van der Waals surface area (Å²) in [5.41, 5.74) is 0.236. The molecule has 2 N–H and O–H groups in total. The summed E-state index contributed by atoms with van der Waals surface area (Å²) in [6.45, 7) is 1.63. The highest BCUT2D eigenvalue weighted by molar-refractivity contribution is 6.30. The van der Waals surface area contributed by atoms with Gasteiger partial charge in [0.1, 0.15) is 0 Å². The van der Waals surface area contributed by atoms with Crippen molar-refractivity contribution in [2.75, 3.05) is 5.32 Å². The first-order chi connectivity index (χ1) is 11.5. The maximum Gasteiger partial charge on any atom is 0.346 e. The van der Waals surface area contributed by atoms with E-state index in [1.54, 1.807) is 31.2 Å². The van der Waals surface area contributed by atoms with Crippen molar-refractivity contribution < 1.29 is 9.18 Å². The molecule has 0 saturated heterocycles. The predicted octanol–water partition coefficient (Wildman–Crippen LogP) is 1.70. The molecule has 24 heavy (non-hydrogen) atoms. The normalized spacial score (nSPS) is 10.6. The van der Waals surface area contributed by atoms with E-state index < -0.39 is 23.2 Å². The van der Waals surface area contributed by atoms with Gasteiger partial charge in [-0.3, -0.25) is 9.78 Å². The molecule has 0 aliphatic heterocycles. The van der Waals surface area contributed by atoms with Gasteiger partial charge in [-0.25, -0.2) is 13.9 Å². The van der Waals surface area contributed by atoms with Crippen LogP contribution in [0.1, 0.15) is 16.2 Å². The van der Waals surface area contributed by atoms with Crippen LogP contribution < -0.4 is 11.0 Å². The van der Waals surface area contributed by atoms with Crippen LogP contribution in [0, 0.1) is 12.7 Å². The molecule has 122 valence electrons. The van der Waals surface area contributed by atoms with Gasteiger partial charge in [0.15, 0.2) is 17.3 Å². The molecule has 0 aliphatic carbocycles. The molecule has 3 rings (SSSR count). The summed E-state index contributed by atoms with van der Waals surface area (Å²) < 4.78 is 15.0. The molecular formula is C14H10ClFN6O2. The quantitative estimate of drug-likeness (QED) is 0.749. The smallest absolute Gasteiger partial charge is 0.304 e. The van der Waals surface area contributed by atoms with Crippen molar-refractivity contribution in [1.82, 2.24) is 25.0 Å². The van der Waals surface area contributed by atoms with Crippen molar-refractivity contribution in [2.24, 2.45) is 0 Å². The Morgan fingerprint density at radius 1 is 1.42 bits per heavy atom. The average molecular weight is 349 g/mol. The fraction of sp³-hybridized carbons (Fsp3) is 0.0714. The van der Waals surface area contributed by atoms with Crippen LogP contribution in [-0.2, 0) is 0 Å². The zero-order chi connectivity index (χ0) is 17.3. The van der Waals surface area contributed by atoms with Crippen LogP contribution in [0.25, 0.3) is 5.69 Å². The van der Waals surface area contributed by atoms with Gasteiger partial charge in [0, 0.05) is 5.02 Å². The Morgan fingerprint density at radius 3 is 2.96 bits per heavy atom. The van der Waals surface area contributed by atoms with E-state index in [1.165, 1.54) is 4.68 Å². The molecule has 0 radical (unpaired) electrons. The molecule has 1 amide bonds. The lowest BCUT2D eigenvalue weighted by Crippen LogP contribution is -2.20. The van der Waals surface area contributed by atoms with E-state index in [4.69, 9.17) is 11.6 Å². The molecule has 0 bridgehead atoms. The molecule has 2 aromatic heterocycles. The Hall–Kier alpha value is -3.07. The molecule has 1 aromatic carbocycles. The van der Waals surface area contributed by atoms with E-state index in [0.29, 0.717) is 22.6 Å². The molecule has 0 unspecified atom stereocenters. The maximum atomic E-state index is 13.6. The molecule has 10 heteroatoms. The number of carbonyl (C=O) groups is 1. The van der Waals surface area contributed by atoms with Gasteiger partial charge in [-0.1, -0.05) is 22.9 Å². The molecule has 0 aliphatic rings. The van der Waals surface area contributed by atoms with Gasteiger partial charge in [-0.05, 0) is 25.1 Å². The lowest BCUT2D eigenvalue weighted by atomic mass is 10.3. The Balaban J connectivity index is 1.92. The molecule has 0 saturated carbocycles. The van der Waals surface area contributed by atoms with Gasteiger partial charge >= 0.3 is 5.69 Å². The largest absolute Gasteiger partial charge is 0.346 e. The summed E-state index contributed by atoms with van der Waals surface area (Å²) in [6, 6.07) is 6.84. The summed E-state index contributed by atoms with van der Waals surface area (Å²) in [7, 11) is 0. The summed E-state index contributed by atoms with van der Waals surface area (Å²) in [6.07, 6.45) is 0.712. The highest BCUT2D eigenvalue weighted by Gasteiger charge is 2.19. The summed E-state index contributed by atoms with van der Waals surface area (Å²) in [5.74, 6) is -1.99. The number of aromatic amines is 1. The van der Waals surface area contributed by atoms with Crippen LogP contribution in [-0.4, -0.2) is 30.9 Å². The van der Waals surface area contributed by atoms with Gasteiger partial charge in [-0.2, -0.15) is 4.98 Å². The van der Waals surface area contributed by atoms with Crippen LogP contribution in [0.4, 0.5) is 10.2 Å². The number of hydrogen-bond donors (Lipinski definition) is 2. The number of anilines is 1. The lowest BCUT2D eigenvalue weighted by Gasteiger charge is -2.05. The van der Waals surface area contributed by atoms with Crippen molar-refractivity contribution in [2.45, 2.75) is 6.92 Å². The number of amides is 1. The first-order valence-corrected chi connectivity index (χ1v) is 7.08. The Morgan fingerprint density at radius 2 is 2.21 bits per heavy atom. The first-order valence-electron chi connectivity index (χ1n) is 6.70. The minimum absolute atomic E-state index is 0.0213. The van der Waals surface area contributed by atoms with Crippen molar-refractivity contribution in [1.29, 1.82) is 0 Å².